The zero-order valence-corrected chi connectivity index (χ0v) is 19.6. The first-order valence-electron chi connectivity index (χ1n) is 11.6. The molecule has 0 spiro atoms. The summed E-state index contributed by atoms with van der Waals surface area (Å²) >= 11 is 1.61. The van der Waals surface area contributed by atoms with E-state index < -0.39 is 33.5 Å². The quantitative estimate of drug-likeness (QED) is 0.699. The van der Waals surface area contributed by atoms with Crippen LogP contribution in [0.4, 0.5) is 4.39 Å². The van der Waals surface area contributed by atoms with Crippen LogP contribution in [0.25, 0.3) is 0 Å². The number of alkyl halides is 1. The lowest BCUT2D eigenvalue weighted by Gasteiger charge is -2.63. The summed E-state index contributed by atoms with van der Waals surface area (Å²) in [6.45, 7) is 5.93. The summed E-state index contributed by atoms with van der Waals surface area (Å²) in [5.41, 5.74) is -3.32. The molecule has 1 unspecified atom stereocenters. The zero-order valence-electron chi connectivity index (χ0n) is 18.8. The molecule has 5 rings (SSSR count). The molecule has 4 aliphatic carbocycles. The van der Waals surface area contributed by atoms with E-state index in [9.17, 15) is 14.7 Å². The molecular formula is C24H33FO5S. The van der Waals surface area contributed by atoms with E-state index >= 15 is 4.39 Å². The first-order chi connectivity index (χ1) is 14.6. The van der Waals surface area contributed by atoms with E-state index in [2.05, 4.69) is 13.8 Å². The number of carbonyl (C=O) groups excluding carboxylic acids is 2. The van der Waals surface area contributed by atoms with E-state index in [1.54, 1.807) is 18.7 Å². The van der Waals surface area contributed by atoms with Crippen molar-refractivity contribution < 1.29 is 28.6 Å². The number of ketones is 2. The molecule has 5 aliphatic rings. The second-order valence-corrected chi connectivity index (χ2v) is 11.7. The molecule has 1 heterocycles. The molecule has 0 bridgehead atoms. The molecule has 9 atom stereocenters. The number of ether oxygens (including phenoxy) is 2. The molecule has 0 aromatic rings. The van der Waals surface area contributed by atoms with E-state index in [1.807, 2.05) is 6.26 Å². The lowest BCUT2D eigenvalue weighted by Crippen LogP contribution is -2.69. The minimum absolute atomic E-state index is 0.0259. The minimum Gasteiger partial charge on any atom is -0.390 e. The summed E-state index contributed by atoms with van der Waals surface area (Å²) in [6.07, 6.45) is 4.79. The lowest BCUT2D eigenvalue weighted by atomic mass is 9.44. The normalized spacial score (nSPS) is 53.5. The highest BCUT2D eigenvalue weighted by Crippen LogP contribution is 2.73. The number of Topliss-reactive ketones (excluding diaryl/α,β-unsaturated/α-hetero) is 1. The zero-order chi connectivity index (χ0) is 22.4. The van der Waals surface area contributed by atoms with Gasteiger partial charge in [-0.1, -0.05) is 27.2 Å². The Morgan fingerprint density at radius 2 is 2.03 bits per heavy atom. The molecule has 1 saturated heterocycles. The number of hydrogen-bond acceptors (Lipinski definition) is 6. The number of hydrogen-bond donors (Lipinski definition) is 1. The van der Waals surface area contributed by atoms with Gasteiger partial charge in [0.05, 0.1) is 12.2 Å². The van der Waals surface area contributed by atoms with Gasteiger partial charge in [0.25, 0.3) is 0 Å². The monoisotopic (exact) mass is 452 g/mol. The fraction of sp³-hybridized carbons (Fsp3) is 0.833. The van der Waals surface area contributed by atoms with Crippen LogP contribution >= 0.6 is 11.8 Å². The predicted molar refractivity (Wildman–Crippen MR) is 115 cm³/mol. The molecule has 1 aliphatic heterocycles. The van der Waals surface area contributed by atoms with E-state index in [1.165, 1.54) is 6.08 Å². The maximum atomic E-state index is 17.2. The van der Waals surface area contributed by atoms with Gasteiger partial charge in [-0.2, -0.15) is 0 Å². The van der Waals surface area contributed by atoms with Gasteiger partial charge in [0.15, 0.2) is 17.9 Å². The highest BCUT2D eigenvalue weighted by Gasteiger charge is 2.78. The van der Waals surface area contributed by atoms with Crippen molar-refractivity contribution in [3.63, 3.8) is 0 Å². The van der Waals surface area contributed by atoms with E-state index in [0.29, 0.717) is 6.42 Å². The van der Waals surface area contributed by atoms with Crippen LogP contribution in [0.2, 0.25) is 0 Å². The Hall–Kier alpha value is -0.760. The van der Waals surface area contributed by atoms with Crippen molar-refractivity contribution in [3.05, 3.63) is 11.6 Å². The van der Waals surface area contributed by atoms with Crippen LogP contribution in [0, 0.1) is 22.7 Å². The second-order valence-electron chi connectivity index (χ2n) is 10.7. The molecule has 0 radical (unpaired) electrons. The predicted octanol–water partition coefficient (Wildman–Crippen LogP) is 3.97. The van der Waals surface area contributed by atoms with Crippen molar-refractivity contribution in [2.75, 3.05) is 6.26 Å². The molecule has 4 fully saturated rings. The molecule has 0 aromatic carbocycles. The fourth-order valence-corrected chi connectivity index (χ4v) is 9.18. The van der Waals surface area contributed by atoms with Crippen LogP contribution in [0.15, 0.2) is 11.6 Å². The topological polar surface area (TPSA) is 72.8 Å². The van der Waals surface area contributed by atoms with Crippen molar-refractivity contribution >= 4 is 23.3 Å². The van der Waals surface area contributed by atoms with Crippen LogP contribution in [-0.4, -0.2) is 52.0 Å². The van der Waals surface area contributed by atoms with Crippen LogP contribution < -0.4 is 0 Å². The summed E-state index contributed by atoms with van der Waals surface area (Å²) in [4.78, 5) is 24.6. The number of aliphatic hydroxyl groups is 1. The van der Waals surface area contributed by atoms with Gasteiger partial charge < -0.3 is 14.6 Å². The Morgan fingerprint density at radius 1 is 1.29 bits per heavy atom. The van der Waals surface area contributed by atoms with Crippen molar-refractivity contribution in [2.45, 2.75) is 94.8 Å². The lowest BCUT2D eigenvalue weighted by molar-refractivity contribution is -0.225. The van der Waals surface area contributed by atoms with Crippen LogP contribution in [0.3, 0.4) is 0 Å². The van der Waals surface area contributed by atoms with Crippen molar-refractivity contribution in [1.82, 2.24) is 0 Å². The molecule has 0 aromatic heterocycles. The molecule has 5 nitrogen and oxygen atoms in total. The smallest absolute Gasteiger partial charge is 0.160 e. The highest BCUT2D eigenvalue weighted by atomic mass is 32.2. The summed E-state index contributed by atoms with van der Waals surface area (Å²) in [5.74, 6) is -1.03. The molecular weight excluding hydrogens is 419 g/mol. The molecule has 0 amide bonds. The highest BCUT2D eigenvalue weighted by molar-refractivity contribution is 7.99. The summed E-state index contributed by atoms with van der Waals surface area (Å²) in [6, 6.07) is 0. The third kappa shape index (κ3) is 2.50. The first kappa shape index (κ1) is 22.1. The third-order valence-electron chi connectivity index (χ3n) is 9.41. The van der Waals surface area contributed by atoms with Gasteiger partial charge >= 0.3 is 0 Å². The molecule has 172 valence electrons. The van der Waals surface area contributed by atoms with E-state index in [-0.39, 0.29) is 61.1 Å². The summed E-state index contributed by atoms with van der Waals surface area (Å²) in [5, 5.41) is 11.4. The number of aliphatic hydroxyl groups excluding tert-OH is 1. The first-order valence-corrected chi connectivity index (χ1v) is 12.8. The number of halogens is 1. The van der Waals surface area contributed by atoms with Crippen molar-refractivity contribution in [2.24, 2.45) is 22.7 Å². The fourth-order valence-electron chi connectivity index (χ4n) is 7.87. The second kappa shape index (κ2) is 6.87. The Kier molecular flexibility index (Phi) is 4.89. The van der Waals surface area contributed by atoms with Gasteiger partial charge in [0.1, 0.15) is 10.6 Å². The molecule has 1 N–H and O–H groups in total. The average molecular weight is 453 g/mol. The molecule has 3 saturated carbocycles. The van der Waals surface area contributed by atoms with Gasteiger partial charge in [0.2, 0.25) is 0 Å². The molecule has 7 heteroatoms. The Balaban J connectivity index is 1.59. The number of carbonyl (C=O) groups is 2. The summed E-state index contributed by atoms with van der Waals surface area (Å²) in [7, 11) is 0. The standard InChI is InChI=1S/C24H33FO5S/c1-5-6-20-29-19-11-14-15-10-17(27)16-9-13(26)7-8-21(16,2)23(15,25)18(28)12-22(14,3)24(19,30-20)31-4/h9,14-15,18-20,28H,5-8,10-12H2,1-4H3/t14-,15-,18-,19+,20?,21-,22-,23-,24-/m0/s1. The van der Waals surface area contributed by atoms with Crippen molar-refractivity contribution in [3.8, 4) is 0 Å². The maximum Gasteiger partial charge on any atom is 0.160 e. The number of rotatable bonds is 3. The third-order valence-corrected chi connectivity index (χ3v) is 10.8. The van der Waals surface area contributed by atoms with E-state index in [4.69, 9.17) is 9.47 Å². The largest absolute Gasteiger partial charge is 0.390 e. The Morgan fingerprint density at radius 3 is 2.71 bits per heavy atom. The van der Waals surface area contributed by atoms with Gasteiger partial charge in [-0.3, -0.25) is 9.59 Å². The molecule has 31 heavy (non-hydrogen) atoms. The summed E-state index contributed by atoms with van der Waals surface area (Å²) < 4.78 is 30.0. The van der Waals surface area contributed by atoms with E-state index in [0.717, 1.165) is 12.8 Å². The number of thioether (sulfide) groups is 1. The van der Waals surface area contributed by atoms with Gasteiger partial charge in [-0.15, -0.1) is 11.8 Å². The average Bonchev–Trinajstić information content (AvgIpc) is 3.18. The SMILES string of the molecule is CCCC1O[C@@H]2C[C@H]3[C@@H]4CC(=O)C5=CC(=O)CC[C@]5(C)[C@@]4(F)[C@@H](O)C[C@]3(C)[C@]2(SC)O1. The van der Waals surface area contributed by atoms with Crippen LogP contribution in [0.1, 0.15) is 65.7 Å². The number of fused-ring (bicyclic) bond motifs is 7. The van der Waals surface area contributed by atoms with Crippen LogP contribution in [-0.2, 0) is 19.1 Å². The van der Waals surface area contributed by atoms with Gasteiger partial charge in [0, 0.05) is 35.2 Å². The number of allylic oxidation sites excluding steroid dienone is 1. The van der Waals surface area contributed by atoms with Crippen LogP contribution in [0.5, 0.6) is 0 Å². The van der Waals surface area contributed by atoms with Gasteiger partial charge in [-0.25, -0.2) is 4.39 Å². The Labute approximate surface area is 187 Å². The maximum absolute atomic E-state index is 17.2. The Bertz CT molecular complexity index is 861. The minimum atomic E-state index is -1.95. The van der Waals surface area contributed by atoms with Crippen molar-refractivity contribution in [1.29, 1.82) is 0 Å². The van der Waals surface area contributed by atoms with Gasteiger partial charge in [-0.05, 0) is 43.9 Å².